The van der Waals surface area contributed by atoms with Gasteiger partial charge in [-0.25, -0.2) is 0 Å². The van der Waals surface area contributed by atoms with Gasteiger partial charge in [0.2, 0.25) is 0 Å². The SMILES string of the molecule is O=C1c2ccccc2NC(c2ccsc2)N1c1ccc(OC(F)F)cc1. The second-order valence-electron chi connectivity index (χ2n) is 5.70. The van der Waals surface area contributed by atoms with Crippen LogP contribution in [0.1, 0.15) is 22.1 Å². The minimum Gasteiger partial charge on any atom is -0.435 e. The van der Waals surface area contributed by atoms with Crippen LogP contribution >= 0.6 is 11.3 Å². The molecule has 0 radical (unpaired) electrons. The van der Waals surface area contributed by atoms with Crippen molar-refractivity contribution in [3.63, 3.8) is 0 Å². The number of nitrogens with one attached hydrogen (secondary N) is 1. The first-order valence-electron chi connectivity index (χ1n) is 7.89. The zero-order chi connectivity index (χ0) is 18.1. The number of amides is 1. The van der Waals surface area contributed by atoms with E-state index >= 15 is 0 Å². The Bertz CT molecular complexity index is 914. The summed E-state index contributed by atoms with van der Waals surface area (Å²) in [5, 5.41) is 7.30. The minimum atomic E-state index is -2.88. The van der Waals surface area contributed by atoms with Crippen LogP contribution in [0.2, 0.25) is 0 Å². The summed E-state index contributed by atoms with van der Waals surface area (Å²) in [6.07, 6.45) is -0.384. The van der Waals surface area contributed by atoms with Gasteiger partial charge in [-0.1, -0.05) is 12.1 Å². The number of hydrogen-bond donors (Lipinski definition) is 1. The first-order valence-corrected chi connectivity index (χ1v) is 8.84. The van der Waals surface area contributed by atoms with E-state index in [2.05, 4.69) is 10.1 Å². The van der Waals surface area contributed by atoms with Gasteiger partial charge in [-0.3, -0.25) is 9.69 Å². The Hall–Kier alpha value is -2.93. The standard InChI is InChI=1S/C19H14F2N2O2S/c20-19(21)25-14-7-5-13(6-8-14)23-17(12-9-10-26-11-12)22-16-4-2-1-3-15(16)18(23)24/h1-11,17,19,22H. The number of carbonyl (C=O) groups is 1. The molecular weight excluding hydrogens is 358 g/mol. The van der Waals surface area contributed by atoms with Crippen molar-refractivity contribution < 1.29 is 18.3 Å². The molecule has 0 aliphatic carbocycles. The summed E-state index contributed by atoms with van der Waals surface area (Å²) >= 11 is 1.54. The number of anilines is 2. The number of ether oxygens (including phenoxy) is 1. The van der Waals surface area contributed by atoms with Crippen LogP contribution < -0.4 is 15.0 Å². The molecule has 4 rings (SSSR count). The molecule has 1 aromatic heterocycles. The lowest BCUT2D eigenvalue weighted by atomic mass is 10.0. The topological polar surface area (TPSA) is 41.6 Å². The van der Waals surface area contributed by atoms with Crippen molar-refractivity contribution in [3.8, 4) is 5.75 Å². The Labute approximate surface area is 152 Å². The first kappa shape index (κ1) is 16.5. The fourth-order valence-corrected chi connectivity index (χ4v) is 3.65. The van der Waals surface area contributed by atoms with E-state index in [9.17, 15) is 13.6 Å². The molecule has 0 saturated heterocycles. The van der Waals surface area contributed by atoms with Crippen LogP contribution in [0, 0.1) is 0 Å². The van der Waals surface area contributed by atoms with Crippen molar-refractivity contribution >= 4 is 28.6 Å². The van der Waals surface area contributed by atoms with Gasteiger partial charge in [-0.2, -0.15) is 20.1 Å². The molecule has 26 heavy (non-hydrogen) atoms. The van der Waals surface area contributed by atoms with Gasteiger partial charge in [0.25, 0.3) is 5.91 Å². The maximum absolute atomic E-state index is 13.1. The fourth-order valence-electron chi connectivity index (χ4n) is 2.97. The Balaban J connectivity index is 1.75. The van der Waals surface area contributed by atoms with Crippen LogP contribution in [-0.2, 0) is 0 Å². The molecule has 0 bridgehead atoms. The molecule has 1 amide bonds. The van der Waals surface area contributed by atoms with E-state index in [1.165, 1.54) is 12.1 Å². The minimum absolute atomic E-state index is 0.0497. The molecule has 1 aliphatic rings. The Morgan fingerprint density at radius 2 is 1.85 bits per heavy atom. The number of fused-ring (bicyclic) bond motifs is 1. The predicted molar refractivity (Wildman–Crippen MR) is 97.0 cm³/mol. The van der Waals surface area contributed by atoms with Crippen molar-refractivity contribution in [1.82, 2.24) is 0 Å². The fraction of sp³-hybridized carbons (Fsp3) is 0.105. The summed E-state index contributed by atoms with van der Waals surface area (Å²) in [5.74, 6) is -0.105. The van der Waals surface area contributed by atoms with E-state index in [4.69, 9.17) is 0 Å². The van der Waals surface area contributed by atoms with Gasteiger partial charge in [0.05, 0.1) is 5.56 Å². The van der Waals surface area contributed by atoms with Crippen LogP contribution in [0.25, 0.3) is 0 Å². The average molecular weight is 372 g/mol. The Morgan fingerprint density at radius 1 is 1.08 bits per heavy atom. The third-order valence-corrected chi connectivity index (χ3v) is 4.83. The number of alkyl halides is 2. The lowest BCUT2D eigenvalue weighted by Gasteiger charge is -2.37. The molecule has 4 nitrogen and oxygen atoms in total. The molecule has 2 heterocycles. The third kappa shape index (κ3) is 3.01. The van der Waals surface area contributed by atoms with Crippen molar-refractivity contribution in [1.29, 1.82) is 0 Å². The number of para-hydroxylation sites is 1. The van der Waals surface area contributed by atoms with Gasteiger partial charge in [-0.05, 0) is 53.2 Å². The number of hydrogen-bond acceptors (Lipinski definition) is 4. The van der Waals surface area contributed by atoms with Crippen molar-refractivity contribution in [2.24, 2.45) is 0 Å². The van der Waals surface area contributed by atoms with Gasteiger partial charge in [0.1, 0.15) is 11.9 Å². The highest BCUT2D eigenvalue weighted by molar-refractivity contribution is 7.08. The molecule has 132 valence electrons. The summed E-state index contributed by atoms with van der Waals surface area (Å²) in [6.45, 7) is -2.88. The number of nitrogens with zero attached hydrogens (tertiary/aromatic N) is 1. The number of benzene rings is 2. The molecule has 1 N–H and O–H groups in total. The second-order valence-corrected chi connectivity index (χ2v) is 6.48. The molecule has 0 saturated carbocycles. The van der Waals surface area contributed by atoms with Crippen LogP contribution in [0.4, 0.5) is 20.2 Å². The Kier molecular flexibility index (Phi) is 4.30. The van der Waals surface area contributed by atoms with Crippen LogP contribution in [-0.4, -0.2) is 12.5 Å². The van der Waals surface area contributed by atoms with Gasteiger partial charge >= 0.3 is 6.61 Å². The summed E-state index contributed by atoms with van der Waals surface area (Å²) in [7, 11) is 0. The summed E-state index contributed by atoms with van der Waals surface area (Å²) in [5.41, 5.74) is 2.87. The quantitative estimate of drug-likeness (QED) is 0.691. The summed E-state index contributed by atoms with van der Waals surface area (Å²) in [6, 6.07) is 15.3. The van der Waals surface area contributed by atoms with Crippen LogP contribution in [0.5, 0.6) is 5.75 Å². The lowest BCUT2D eigenvalue weighted by molar-refractivity contribution is -0.0498. The van der Waals surface area contributed by atoms with Gasteiger partial charge in [-0.15, -0.1) is 0 Å². The Morgan fingerprint density at radius 3 is 2.54 bits per heavy atom. The van der Waals surface area contributed by atoms with E-state index in [1.807, 2.05) is 29.0 Å². The van der Waals surface area contributed by atoms with Crippen LogP contribution in [0.15, 0.2) is 65.4 Å². The van der Waals surface area contributed by atoms with E-state index in [0.717, 1.165) is 11.3 Å². The lowest BCUT2D eigenvalue weighted by Crippen LogP contribution is -2.43. The summed E-state index contributed by atoms with van der Waals surface area (Å²) < 4.78 is 29.1. The van der Waals surface area contributed by atoms with E-state index in [-0.39, 0.29) is 17.8 Å². The predicted octanol–water partition coefficient (Wildman–Crippen LogP) is 5.12. The van der Waals surface area contributed by atoms with Gasteiger partial charge in [0.15, 0.2) is 0 Å². The number of thiophene rings is 1. The van der Waals surface area contributed by atoms with Crippen molar-refractivity contribution in [2.45, 2.75) is 12.8 Å². The number of halogens is 2. The normalized spacial score (nSPS) is 16.3. The highest BCUT2D eigenvalue weighted by Crippen LogP contribution is 2.37. The van der Waals surface area contributed by atoms with Gasteiger partial charge in [0, 0.05) is 16.9 Å². The average Bonchev–Trinajstić information content (AvgIpc) is 3.17. The molecule has 1 aliphatic heterocycles. The molecule has 0 fully saturated rings. The number of rotatable bonds is 4. The molecule has 1 unspecified atom stereocenters. The third-order valence-electron chi connectivity index (χ3n) is 4.13. The smallest absolute Gasteiger partial charge is 0.387 e. The van der Waals surface area contributed by atoms with E-state index in [0.29, 0.717) is 11.3 Å². The van der Waals surface area contributed by atoms with Gasteiger partial charge < -0.3 is 10.1 Å². The molecule has 1 atom stereocenters. The monoisotopic (exact) mass is 372 g/mol. The second kappa shape index (κ2) is 6.76. The maximum atomic E-state index is 13.1. The number of carbonyl (C=O) groups excluding carboxylic acids is 1. The van der Waals surface area contributed by atoms with Crippen LogP contribution in [0.3, 0.4) is 0 Å². The van der Waals surface area contributed by atoms with E-state index in [1.54, 1.807) is 40.5 Å². The largest absolute Gasteiger partial charge is 0.435 e. The molecule has 7 heteroatoms. The molecule has 2 aromatic carbocycles. The first-order chi connectivity index (χ1) is 12.6. The zero-order valence-electron chi connectivity index (χ0n) is 13.4. The highest BCUT2D eigenvalue weighted by atomic mass is 32.1. The zero-order valence-corrected chi connectivity index (χ0v) is 14.2. The molecule has 0 spiro atoms. The summed E-state index contributed by atoms with van der Waals surface area (Å²) in [4.78, 5) is 14.7. The van der Waals surface area contributed by atoms with E-state index < -0.39 is 6.61 Å². The van der Waals surface area contributed by atoms with Crippen molar-refractivity contribution in [3.05, 3.63) is 76.5 Å². The maximum Gasteiger partial charge on any atom is 0.387 e. The van der Waals surface area contributed by atoms with Crippen molar-refractivity contribution in [2.75, 3.05) is 10.2 Å². The molecular formula is C19H14F2N2O2S. The highest BCUT2D eigenvalue weighted by Gasteiger charge is 2.34. The molecule has 3 aromatic rings.